The second-order valence-corrected chi connectivity index (χ2v) is 5.61. The normalized spacial score (nSPS) is 31.4. The van der Waals surface area contributed by atoms with Gasteiger partial charge in [-0.05, 0) is 54.6 Å². The van der Waals surface area contributed by atoms with E-state index in [-0.39, 0.29) is 0 Å². The van der Waals surface area contributed by atoms with E-state index in [9.17, 15) is 0 Å². The predicted octanol–water partition coefficient (Wildman–Crippen LogP) is 3.12. The van der Waals surface area contributed by atoms with Gasteiger partial charge in [0.05, 0.1) is 7.11 Å². The highest BCUT2D eigenvalue weighted by molar-refractivity contribution is 5.47. The number of likely N-dealkylation sites (tertiary alicyclic amines) is 1. The van der Waals surface area contributed by atoms with Crippen molar-refractivity contribution in [2.75, 3.05) is 20.2 Å². The molecule has 3 rings (SSSR count). The quantitative estimate of drug-likeness (QED) is 0.775. The summed E-state index contributed by atoms with van der Waals surface area (Å²) in [6.07, 6.45) is 2.56. The number of rotatable bonds is 2. The van der Waals surface area contributed by atoms with E-state index in [4.69, 9.17) is 4.74 Å². The van der Waals surface area contributed by atoms with Crippen LogP contribution in [-0.2, 0) is 5.41 Å². The van der Waals surface area contributed by atoms with Gasteiger partial charge in [-0.1, -0.05) is 19.9 Å². The van der Waals surface area contributed by atoms with Crippen molar-refractivity contribution in [3.63, 3.8) is 0 Å². The molecule has 92 valence electrons. The summed E-state index contributed by atoms with van der Waals surface area (Å²) in [6.45, 7) is 7.07. The topological polar surface area (TPSA) is 12.5 Å². The Balaban J connectivity index is 2.09. The molecule has 2 heteroatoms. The van der Waals surface area contributed by atoms with Crippen LogP contribution in [-0.4, -0.2) is 25.1 Å². The fourth-order valence-corrected chi connectivity index (χ4v) is 3.61. The molecule has 0 spiro atoms. The average molecular weight is 231 g/mol. The van der Waals surface area contributed by atoms with E-state index in [0.717, 1.165) is 12.3 Å². The number of fused-ring (bicyclic) bond motifs is 5. The highest BCUT2D eigenvalue weighted by atomic mass is 16.5. The average Bonchev–Trinajstić information content (AvgIpc) is 2.59. The van der Waals surface area contributed by atoms with E-state index in [1.165, 1.54) is 30.5 Å². The third-order valence-electron chi connectivity index (χ3n) is 4.71. The lowest BCUT2D eigenvalue weighted by Crippen LogP contribution is -2.37. The molecule has 2 bridgehead atoms. The van der Waals surface area contributed by atoms with Crippen molar-refractivity contribution in [1.82, 2.24) is 4.90 Å². The molecular weight excluding hydrogens is 210 g/mol. The molecule has 1 aliphatic heterocycles. The van der Waals surface area contributed by atoms with Crippen molar-refractivity contribution in [2.45, 2.75) is 38.1 Å². The second-order valence-electron chi connectivity index (χ2n) is 5.61. The third-order valence-corrected chi connectivity index (χ3v) is 4.71. The highest BCUT2D eigenvalue weighted by Gasteiger charge is 2.45. The molecule has 1 heterocycles. The minimum absolute atomic E-state index is 0.375. The fraction of sp³-hybridized carbons (Fsp3) is 0.600. The van der Waals surface area contributed by atoms with Crippen LogP contribution in [0.5, 0.6) is 5.75 Å². The number of ether oxygens (including phenoxy) is 1. The van der Waals surface area contributed by atoms with E-state index >= 15 is 0 Å². The Labute approximate surface area is 104 Å². The van der Waals surface area contributed by atoms with Crippen LogP contribution >= 0.6 is 0 Å². The maximum Gasteiger partial charge on any atom is 0.119 e. The number of hydrogen-bond acceptors (Lipinski definition) is 2. The minimum atomic E-state index is 0.375. The van der Waals surface area contributed by atoms with Gasteiger partial charge in [-0.2, -0.15) is 0 Å². The van der Waals surface area contributed by atoms with Crippen LogP contribution in [0.3, 0.4) is 0 Å². The SMILES string of the molecule is CCN1CC[C@]2(C)C[C@H]1c1ccc(OC)cc12. The summed E-state index contributed by atoms with van der Waals surface area (Å²) in [7, 11) is 1.75. The van der Waals surface area contributed by atoms with E-state index in [1.807, 2.05) is 0 Å². The van der Waals surface area contributed by atoms with Gasteiger partial charge >= 0.3 is 0 Å². The number of piperidine rings is 1. The van der Waals surface area contributed by atoms with Crippen molar-refractivity contribution in [3.05, 3.63) is 29.3 Å². The van der Waals surface area contributed by atoms with Crippen molar-refractivity contribution in [3.8, 4) is 5.75 Å². The molecule has 0 unspecified atom stereocenters. The monoisotopic (exact) mass is 231 g/mol. The van der Waals surface area contributed by atoms with Crippen LogP contribution < -0.4 is 4.74 Å². The lowest BCUT2D eigenvalue weighted by molar-refractivity contribution is 0.129. The van der Waals surface area contributed by atoms with Crippen molar-refractivity contribution >= 4 is 0 Å². The van der Waals surface area contributed by atoms with Crippen LogP contribution in [0.1, 0.15) is 43.9 Å². The molecule has 1 aromatic rings. The van der Waals surface area contributed by atoms with Crippen LogP contribution in [0.15, 0.2) is 18.2 Å². The van der Waals surface area contributed by atoms with Crippen LogP contribution in [0.2, 0.25) is 0 Å². The van der Waals surface area contributed by atoms with Gasteiger partial charge in [-0.3, -0.25) is 4.90 Å². The summed E-state index contributed by atoms with van der Waals surface area (Å²) in [6, 6.07) is 7.28. The van der Waals surface area contributed by atoms with Gasteiger partial charge in [-0.15, -0.1) is 0 Å². The molecule has 17 heavy (non-hydrogen) atoms. The molecule has 0 amide bonds. The number of benzene rings is 1. The number of methoxy groups -OCH3 is 1. The van der Waals surface area contributed by atoms with E-state index in [1.54, 1.807) is 7.11 Å². The van der Waals surface area contributed by atoms with Gasteiger partial charge in [-0.25, -0.2) is 0 Å². The number of hydrogen-bond donors (Lipinski definition) is 0. The summed E-state index contributed by atoms with van der Waals surface area (Å²) in [5, 5.41) is 0. The molecule has 2 aliphatic rings. The van der Waals surface area contributed by atoms with Gasteiger partial charge in [0.15, 0.2) is 0 Å². The second kappa shape index (κ2) is 3.74. The predicted molar refractivity (Wildman–Crippen MR) is 69.6 cm³/mol. The molecule has 0 aromatic heterocycles. The van der Waals surface area contributed by atoms with Gasteiger partial charge in [0, 0.05) is 6.04 Å². The molecule has 1 aliphatic carbocycles. The molecule has 2 atom stereocenters. The van der Waals surface area contributed by atoms with Crippen LogP contribution in [0.4, 0.5) is 0 Å². The maximum absolute atomic E-state index is 5.37. The van der Waals surface area contributed by atoms with Crippen LogP contribution in [0.25, 0.3) is 0 Å². The summed E-state index contributed by atoms with van der Waals surface area (Å²) < 4.78 is 5.37. The zero-order valence-electron chi connectivity index (χ0n) is 11.0. The molecule has 1 aromatic carbocycles. The first-order valence-electron chi connectivity index (χ1n) is 6.60. The molecule has 1 fully saturated rings. The Morgan fingerprint density at radius 1 is 1.47 bits per heavy atom. The fourth-order valence-electron chi connectivity index (χ4n) is 3.61. The summed E-state index contributed by atoms with van der Waals surface area (Å²) >= 11 is 0. The highest BCUT2D eigenvalue weighted by Crippen LogP contribution is 2.53. The van der Waals surface area contributed by atoms with Crippen LogP contribution in [0, 0.1) is 0 Å². The minimum Gasteiger partial charge on any atom is -0.497 e. The van der Waals surface area contributed by atoms with Gasteiger partial charge < -0.3 is 4.74 Å². The molecule has 2 nitrogen and oxygen atoms in total. The van der Waals surface area contributed by atoms with Crippen molar-refractivity contribution in [1.29, 1.82) is 0 Å². The molecular formula is C15H21NO. The smallest absolute Gasteiger partial charge is 0.119 e. The van der Waals surface area contributed by atoms with E-state index in [0.29, 0.717) is 11.5 Å². The maximum atomic E-state index is 5.37. The van der Waals surface area contributed by atoms with Crippen molar-refractivity contribution in [2.24, 2.45) is 0 Å². The van der Waals surface area contributed by atoms with E-state index in [2.05, 4.69) is 36.9 Å². The summed E-state index contributed by atoms with van der Waals surface area (Å²) in [4.78, 5) is 2.61. The first-order chi connectivity index (χ1) is 8.18. The Kier molecular flexibility index (Phi) is 2.44. The number of nitrogens with zero attached hydrogens (tertiary/aromatic N) is 1. The summed E-state index contributed by atoms with van der Waals surface area (Å²) in [5.74, 6) is 1.00. The zero-order valence-corrected chi connectivity index (χ0v) is 11.0. The third kappa shape index (κ3) is 1.50. The van der Waals surface area contributed by atoms with E-state index < -0.39 is 0 Å². The lowest BCUT2D eigenvalue weighted by atomic mass is 9.79. The lowest BCUT2D eigenvalue weighted by Gasteiger charge is -2.37. The van der Waals surface area contributed by atoms with Gasteiger partial charge in [0.25, 0.3) is 0 Å². The Hall–Kier alpha value is -1.02. The Morgan fingerprint density at radius 3 is 3.00 bits per heavy atom. The standard InChI is InChI=1S/C15H21NO/c1-4-16-8-7-15(2)10-14(16)12-6-5-11(17-3)9-13(12)15/h5-6,9,14H,4,7-8,10H2,1-3H3/t14-,15+/m0/s1. The largest absolute Gasteiger partial charge is 0.497 e. The van der Waals surface area contributed by atoms with Gasteiger partial charge in [0.2, 0.25) is 0 Å². The van der Waals surface area contributed by atoms with Crippen molar-refractivity contribution < 1.29 is 4.74 Å². The first-order valence-corrected chi connectivity index (χ1v) is 6.60. The molecule has 0 saturated carbocycles. The molecule has 0 radical (unpaired) electrons. The Bertz CT molecular complexity index is 443. The molecule has 0 N–H and O–H groups in total. The zero-order chi connectivity index (χ0) is 12.0. The molecule has 1 saturated heterocycles. The summed E-state index contributed by atoms with van der Waals surface area (Å²) in [5.41, 5.74) is 3.44. The Morgan fingerprint density at radius 2 is 2.29 bits per heavy atom. The first kappa shape index (κ1) is 11.1. The van der Waals surface area contributed by atoms with Gasteiger partial charge in [0.1, 0.15) is 5.75 Å².